The second kappa shape index (κ2) is 10.2. The number of rotatable bonds is 5. The Morgan fingerprint density at radius 3 is 2.32 bits per heavy atom. The number of amides is 2. The number of carbonyl (C=O) groups excluding carboxylic acids is 3. The Balaban J connectivity index is 1.50. The number of anilines is 1. The third-order valence-electron chi connectivity index (χ3n) is 4.03. The van der Waals surface area contributed by atoms with E-state index in [9.17, 15) is 14.4 Å². The lowest BCUT2D eigenvalue weighted by atomic mass is 10.1. The number of esters is 1. The van der Waals surface area contributed by atoms with Gasteiger partial charge in [0.15, 0.2) is 0 Å². The zero-order valence-corrected chi connectivity index (χ0v) is 17.2. The molecule has 31 heavy (non-hydrogen) atoms. The lowest BCUT2D eigenvalue weighted by Gasteiger charge is -2.05. The maximum atomic E-state index is 12.2. The van der Waals surface area contributed by atoms with Crippen molar-refractivity contribution < 1.29 is 19.1 Å². The minimum atomic E-state index is -0.921. The number of aryl methyl sites for hydroxylation is 1. The Kier molecular flexibility index (Phi) is 7.13. The zero-order chi connectivity index (χ0) is 22.2. The summed E-state index contributed by atoms with van der Waals surface area (Å²) in [6.07, 6.45) is 1.36. The molecule has 2 amide bonds. The van der Waals surface area contributed by atoms with E-state index >= 15 is 0 Å². The number of hydrazone groups is 1. The van der Waals surface area contributed by atoms with Crippen LogP contribution >= 0.6 is 11.6 Å². The molecule has 0 atom stereocenters. The van der Waals surface area contributed by atoms with Gasteiger partial charge in [0, 0.05) is 10.7 Å². The van der Waals surface area contributed by atoms with Crippen LogP contribution in [0.25, 0.3) is 0 Å². The predicted octanol–water partition coefficient (Wildman–Crippen LogP) is 3.96. The second-order valence-electron chi connectivity index (χ2n) is 6.49. The maximum absolute atomic E-state index is 12.2. The summed E-state index contributed by atoms with van der Waals surface area (Å²) in [5, 5.41) is 6.70. The highest BCUT2D eigenvalue weighted by Crippen LogP contribution is 2.15. The van der Waals surface area contributed by atoms with Gasteiger partial charge in [-0.3, -0.25) is 9.59 Å². The van der Waals surface area contributed by atoms with Crippen LogP contribution in [-0.2, 0) is 9.59 Å². The van der Waals surface area contributed by atoms with E-state index in [0.29, 0.717) is 27.6 Å². The van der Waals surface area contributed by atoms with Gasteiger partial charge in [-0.15, -0.1) is 0 Å². The molecule has 7 nitrogen and oxygen atoms in total. The fraction of sp³-hybridized carbons (Fsp3) is 0.0435. The molecule has 0 heterocycles. The van der Waals surface area contributed by atoms with Gasteiger partial charge in [0.05, 0.1) is 11.8 Å². The van der Waals surface area contributed by atoms with Crippen molar-refractivity contribution >= 4 is 41.3 Å². The number of halogens is 1. The molecular weight excluding hydrogens is 418 g/mol. The van der Waals surface area contributed by atoms with Crippen molar-refractivity contribution in [3.63, 3.8) is 0 Å². The number of hydrogen-bond donors (Lipinski definition) is 2. The molecule has 0 saturated heterocycles. The third-order valence-corrected chi connectivity index (χ3v) is 4.28. The Hall–Kier alpha value is -3.97. The Labute approximate surface area is 183 Å². The summed E-state index contributed by atoms with van der Waals surface area (Å²) in [5.41, 5.74) is 4.64. The molecular formula is C23H18ClN3O4. The minimum absolute atomic E-state index is 0.370. The van der Waals surface area contributed by atoms with Gasteiger partial charge in [0.1, 0.15) is 5.75 Å². The van der Waals surface area contributed by atoms with E-state index in [1.807, 2.05) is 13.0 Å². The highest BCUT2D eigenvalue weighted by atomic mass is 35.5. The summed E-state index contributed by atoms with van der Waals surface area (Å²) in [5.74, 6) is -1.87. The van der Waals surface area contributed by atoms with Crippen molar-refractivity contribution in [3.05, 3.63) is 94.5 Å². The van der Waals surface area contributed by atoms with Crippen LogP contribution in [0, 0.1) is 6.92 Å². The molecule has 8 heteroatoms. The van der Waals surface area contributed by atoms with E-state index in [0.717, 1.165) is 5.56 Å². The number of nitrogens with zero attached hydrogens (tertiary/aromatic N) is 1. The van der Waals surface area contributed by atoms with Crippen molar-refractivity contribution in [3.8, 4) is 5.75 Å². The number of nitrogens with one attached hydrogen (secondary N) is 2. The van der Waals surface area contributed by atoms with Crippen molar-refractivity contribution in [2.45, 2.75) is 6.92 Å². The number of ether oxygens (including phenoxy) is 1. The standard InChI is InChI=1S/C23H18ClN3O4/c1-15-3-2-4-17(13-15)23(30)31-20-11-5-16(6-12-20)14-25-27-22(29)21(28)26-19-9-7-18(24)8-10-19/h2-14H,1H3,(H,26,28)(H,27,29)/b25-14-. The summed E-state index contributed by atoms with van der Waals surface area (Å²) in [6.45, 7) is 1.89. The quantitative estimate of drug-likeness (QED) is 0.208. The van der Waals surface area contributed by atoms with Crippen LogP contribution in [0.5, 0.6) is 5.75 Å². The van der Waals surface area contributed by atoms with Crippen LogP contribution < -0.4 is 15.5 Å². The average molecular weight is 436 g/mol. The van der Waals surface area contributed by atoms with E-state index < -0.39 is 17.8 Å². The lowest BCUT2D eigenvalue weighted by Crippen LogP contribution is -2.32. The lowest BCUT2D eigenvalue weighted by molar-refractivity contribution is -0.136. The molecule has 0 aliphatic rings. The Bertz CT molecular complexity index is 1130. The first-order valence-corrected chi connectivity index (χ1v) is 9.57. The molecule has 0 spiro atoms. The molecule has 2 N–H and O–H groups in total. The van der Waals surface area contributed by atoms with Crippen molar-refractivity contribution in [1.29, 1.82) is 0 Å². The van der Waals surface area contributed by atoms with Crippen molar-refractivity contribution in [1.82, 2.24) is 5.43 Å². The smallest absolute Gasteiger partial charge is 0.343 e. The molecule has 0 aliphatic carbocycles. The number of benzene rings is 3. The van der Waals surface area contributed by atoms with E-state index in [1.165, 1.54) is 6.21 Å². The SMILES string of the molecule is Cc1cccc(C(=O)Oc2ccc(/C=N\NC(=O)C(=O)Nc3ccc(Cl)cc3)cc2)c1. The van der Waals surface area contributed by atoms with E-state index in [1.54, 1.807) is 66.7 Å². The van der Waals surface area contributed by atoms with Crippen LogP contribution in [0.4, 0.5) is 5.69 Å². The van der Waals surface area contributed by atoms with Crippen LogP contribution in [0.2, 0.25) is 5.02 Å². The molecule has 3 rings (SSSR count). The van der Waals surface area contributed by atoms with Gasteiger partial charge in [-0.1, -0.05) is 29.3 Å². The molecule has 0 radical (unpaired) electrons. The summed E-state index contributed by atoms with van der Waals surface area (Å²) in [6, 6.07) is 20.0. The topological polar surface area (TPSA) is 96.9 Å². The van der Waals surface area contributed by atoms with Crippen LogP contribution in [0.3, 0.4) is 0 Å². The fourth-order valence-electron chi connectivity index (χ4n) is 2.50. The second-order valence-corrected chi connectivity index (χ2v) is 6.92. The Morgan fingerprint density at radius 2 is 1.65 bits per heavy atom. The van der Waals surface area contributed by atoms with Crippen LogP contribution in [-0.4, -0.2) is 24.0 Å². The zero-order valence-electron chi connectivity index (χ0n) is 16.5. The Morgan fingerprint density at radius 1 is 0.935 bits per heavy atom. The molecule has 0 fully saturated rings. The summed E-state index contributed by atoms with van der Waals surface area (Å²) >= 11 is 5.77. The number of carbonyl (C=O) groups is 3. The summed E-state index contributed by atoms with van der Waals surface area (Å²) in [7, 11) is 0. The highest BCUT2D eigenvalue weighted by molar-refractivity contribution is 6.39. The van der Waals surface area contributed by atoms with Gasteiger partial charge in [0.2, 0.25) is 0 Å². The highest BCUT2D eigenvalue weighted by Gasteiger charge is 2.12. The van der Waals surface area contributed by atoms with Gasteiger partial charge in [-0.2, -0.15) is 5.10 Å². The molecule has 3 aromatic rings. The first-order chi connectivity index (χ1) is 14.9. The van der Waals surface area contributed by atoms with Crippen molar-refractivity contribution in [2.75, 3.05) is 5.32 Å². The normalized spacial score (nSPS) is 10.5. The first kappa shape index (κ1) is 21.7. The summed E-state index contributed by atoms with van der Waals surface area (Å²) < 4.78 is 5.33. The fourth-order valence-corrected chi connectivity index (χ4v) is 2.62. The molecule has 0 saturated carbocycles. The van der Waals surface area contributed by atoms with Crippen LogP contribution in [0.15, 0.2) is 77.9 Å². The molecule has 3 aromatic carbocycles. The first-order valence-electron chi connectivity index (χ1n) is 9.19. The van der Waals surface area contributed by atoms with E-state index in [4.69, 9.17) is 16.3 Å². The van der Waals surface area contributed by atoms with E-state index in [2.05, 4.69) is 15.8 Å². The summed E-state index contributed by atoms with van der Waals surface area (Å²) in [4.78, 5) is 35.8. The maximum Gasteiger partial charge on any atom is 0.343 e. The molecule has 0 aliphatic heterocycles. The van der Waals surface area contributed by atoms with E-state index in [-0.39, 0.29) is 0 Å². The predicted molar refractivity (Wildman–Crippen MR) is 118 cm³/mol. The minimum Gasteiger partial charge on any atom is -0.423 e. The largest absolute Gasteiger partial charge is 0.423 e. The third kappa shape index (κ3) is 6.52. The number of hydrogen-bond acceptors (Lipinski definition) is 5. The van der Waals surface area contributed by atoms with Gasteiger partial charge >= 0.3 is 17.8 Å². The molecule has 0 bridgehead atoms. The molecule has 0 unspecified atom stereocenters. The molecule has 0 aromatic heterocycles. The van der Waals surface area contributed by atoms with Crippen LogP contribution in [0.1, 0.15) is 21.5 Å². The average Bonchev–Trinajstić information content (AvgIpc) is 2.76. The van der Waals surface area contributed by atoms with Crippen molar-refractivity contribution in [2.24, 2.45) is 5.10 Å². The van der Waals surface area contributed by atoms with Gasteiger partial charge < -0.3 is 10.1 Å². The molecule has 156 valence electrons. The monoisotopic (exact) mass is 435 g/mol. The van der Waals surface area contributed by atoms with Gasteiger partial charge in [-0.05, 0) is 73.2 Å². The van der Waals surface area contributed by atoms with Gasteiger partial charge in [-0.25, -0.2) is 10.2 Å². The van der Waals surface area contributed by atoms with Gasteiger partial charge in [0.25, 0.3) is 0 Å².